The highest BCUT2D eigenvalue weighted by atomic mass is 32.2. The van der Waals surface area contributed by atoms with Gasteiger partial charge in [0.15, 0.2) is 0 Å². The quantitative estimate of drug-likeness (QED) is 0.401. The monoisotopic (exact) mass is 374 g/mol. The van der Waals surface area contributed by atoms with Gasteiger partial charge in [0.2, 0.25) is 0 Å². The van der Waals surface area contributed by atoms with Crippen LogP contribution in [-0.4, -0.2) is 10.6 Å². The van der Waals surface area contributed by atoms with Crippen molar-refractivity contribution in [3.05, 3.63) is 99.6 Å². The molecular weight excluding hydrogens is 356 g/mol. The van der Waals surface area contributed by atoms with Gasteiger partial charge in [-0.25, -0.2) is 0 Å². The van der Waals surface area contributed by atoms with Gasteiger partial charge in [-0.05, 0) is 42.3 Å². The van der Waals surface area contributed by atoms with Gasteiger partial charge in [-0.2, -0.15) is 0 Å². The van der Waals surface area contributed by atoms with Crippen molar-refractivity contribution in [3.63, 3.8) is 0 Å². The van der Waals surface area contributed by atoms with Gasteiger partial charge in [-0.3, -0.25) is 15.1 Å². The van der Waals surface area contributed by atoms with E-state index in [9.17, 15) is 10.1 Å². The van der Waals surface area contributed by atoms with Crippen LogP contribution >= 0.6 is 11.8 Å². The summed E-state index contributed by atoms with van der Waals surface area (Å²) in [6, 6.07) is 23.4. The first-order valence-corrected chi connectivity index (χ1v) is 9.63. The Bertz CT molecular complexity index is 1010. The topological polar surface area (TPSA) is 55.5 Å². The van der Waals surface area contributed by atoms with Crippen LogP contribution in [0.25, 0.3) is 0 Å². The van der Waals surface area contributed by atoms with E-state index < -0.39 is 0 Å². The number of nitrogens with zero attached hydrogens (tertiary/aromatic N) is 2. The third kappa shape index (κ3) is 3.78. The second kappa shape index (κ2) is 7.37. The van der Waals surface area contributed by atoms with Gasteiger partial charge in [-0.15, -0.1) is 11.8 Å². The Morgan fingerprint density at radius 1 is 1.00 bits per heavy atom. The maximum absolute atomic E-state index is 10.9. The van der Waals surface area contributed by atoms with Crippen molar-refractivity contribution in [2.45, 2.75) is 23.5 Å². The van der Waals surface area contributed by atoms with Crippen LogP contribution in [-0.2, 0) is 0 Å². The van der Waals surface area contributed by atoms with E-state index in [1.807, 2.05) is 30.0 Å². The Balaban J connectivity index is 1.76. The number of hydrogen-bond acceptors (Lipinski definition) is 4. The maximum Gasteiger partial charge on any atom is 0.269 e. The van der Waals surface area contributed by atoms with Gasteiger partial charge >= 0.3 is 0 Å². The minimum atomic E-state index is -0.376. The van der Waals surface area contributed by atoms with Crippen LogP contribution in [0, 0.1) is 17.0 Å². The Morgan fingerprint density at radius 3 is 2.41 bits per heavy atom. The molecule has 1 aliphatic heterocycles. The SMILES string of the molecule is Cc1ccc([C@@H]2CC(c3ccc([N+](=O)[O-])cc3)=Nc3ccccc3S2)cc1. The molecule has 1 heterocycles. The molecule has 0 amide bonds. The Kier molecular flexibility index (Phi) is 4.77. The number of aliphatic imine (C=N–C) groups is 1. The second-order valence-corrected chi connectivity index (χ2v) is 7.80. The fourth-order valence-electron chi connectivity index (χ4n) is 3.14. The number of para-hydroxylation sites is 1. The fraction of sp³-hybridized carbons (Fsp3) is 0.136. The zero-order valence-electron chi connectivity index (χ0n) is 14.8. The zero-order valence-corrected chi connectivity index (χ0v) is 15.6. The van der Waals surface area contributed by atoms with Crippen LogP contribution in [0.4, 0.5) is 11.4 Å². The van der Waals surface area contributed by atoms with Gasteiger partial charge < -0.3 is 0 Å². The van der Waals surface area contributed by atoms with Crippen molar-refractivity contribution >= 4 is 28.8 Å². The molecule has 0 saturated heterocycles. The van der Waals surface area contributed by atoms with E-state index in [0.717, 1.165) is 28.3 Å². The number of non-ortho nitro benzene ring substituents is 1. The van der Waals surface area contributed by atoms with E-state index >= 15 is 0 Å². The highest BCUT2D eigenvalue weighted by Gasteiger charge is 2.22. The molecule has 3 aromatic rings. The highest BCUT2D eigenvalue weighted by molar-refractivity contribution is 7.99. The molecule has 4 nitrogen and oxygen atoms in total. The molecule has 0 saturated carbocycles. The molecule has 0 aromatic heterocycles. The summed E-state index contributed by atoms with van der Waals surface area (Å²) in [6.07, 6.45) is 0.764. The number of hydrogen-bond donors (Lipinski definition) is 0. The Hall–Kier alpha value is -2.92. The lowest BCUT2D eigenvalue weighted by atomic mass is 10.0. The number of thioether (sulfide) groups is 1. The zero-order chi connectivity index (χ0) is 18.8. The molecule has 0 aliphatic carbocycles. The predicted molar refractivity (Wildman–Crippen MR) is 110 cm³/mol. The van der Waals surface area contributed by atoms with Crippen LogP contribution in [0.1, 0.15) is 28.4 Å². The molecule has 0 fully saturated rings. The molecule has 1 aliphatic rings. The second-order valence-electron chi connectivity index (χ2n) is 6.55. The summed E-state index contributed by atoms with van der Waals surface area (Å²) in [6.45, 7) is 2.09. The number of benzene rings is 3. The fourth-order valence-corrected chi connectivity index (χ4v) is 4.37. The Morgan fingerprint density at radius 2 is 1.70 bits per heavy atom. The average molecular weight is 374 g/mol. The van der Waals surface area contributed by atoms with Crippen LogP contribution in [0.2, 0.25) is 0 Å². The van der Waals surface area contributed by atoms with Gasteiger partial charge in [0.25, 0.3) is 5.69 Å². The summed E-state index contributed by atoms with van der Waals surface area (Å²) in [4.78, 5) is 16.6. The lowest BCUT2D eigenvalue weighted by molar-refractivity contribution is -0.384. The molecule has 0 radical (unpaired) electrons. The van der Waals surface area contributed by atoms with E-state index in [2.05, 4.69) is 37.3 Å². The number of rotatable bonds is 3. The van der Waals surface area contributed by atoms with Gasteiger partial charge in [0, 0.05) is 34.4 Å². The van der Waals surface area contributed by atoms with E-state index in [1.165, 1.54) is 11.1 Å². The standard InChI is InChI=1S/C22H18N2O2S/c1-15-6-8-17(9-7-15)22-14-20(16-10-12-18(13-11-16)24(25)26)23-19-4-2-3-5-21(19)27-22/h2-13,22H,14H2,1H3/t22-/m0/s1. The van der Waals surface area contributed by atoms with Crippen molar-refractivity contribution in [1.29, 1.82) is 0 Å². The maximum atomic E-state index is 10.9. The summed E-state index contributed by atoms with van der Waals surface area (Å²) in [5.74, 6) is 0. The Labute approximate surface area is 162 Å². The summed E-state index contributed by atoms with van der Waals surface area (Å²) < 4.78 is 0. The molecule has 1 atom stereocenters. The minimum absolute atomic E-state index is 0.0952. The molecule has 0 N–H and O–H groups in total. The molecular formula is C22H18N2O2S. The van der Waals surface area contributed by atoms with Crippen molar-refractivity contribution in [2.75, 3.05) is 0 Å². The van der Waals surface area contributed by atoms with E-state index in [-0.39, 0.29) is 15.9 Å². The molecule has 27 heavy (non-hydrogen) atoms. The van der Waals surface area contributed by atoms with Gasteiger partial charge in [-0.1, -0.05) is 42.0 Å². The number of nitro benzene ring substituents is 1. The van der Waals surface area contributed by atoms with E-state index in [1.54, 1.807) is 24.3 Å². The number of fused-ring (bicyclic) bond motifs is 1. The van der Waals surface area contributed by atoms with Crippen molar-refractivity contribution in [1.82, 2.24) is 0 Å². The molecule has 0 unspecified atom stereocenters. The first-order chi connectivity index (χ1) is 13.1. The molecule has 3 aromatic carbocycles. The minimum Gasteiger partial charge on any atom is -0.258 e. The van der Waals surface area contributed by atoms with Crippen molar-refractivity contribution in [2.24, 2.45) is 4.99 Å². The molecule has 5 heteroatoms. The van der Waals surface area contributed by atoms with E-state index in [0.29, 0.717) is 0 Å². The summed E-state index contributed by atoms with van der Waals surface area (Å²) in [7, 11) is 0. The smallest absolute Gasteiger partial charge is 0.258 e. The van der Waals surface area contributed by atoms with Crippen LogP contribution < -0.4 is 0 Å². The third-order valence-corrected chi connectivity index (χ3v) is 5.95. The molecule has 0 spiro atoms. The first kappa shape index (κ1) is 17.5. The summed E-state index contributed by atoms with van der Waals surface area (Å²) in [5, 5.41) is 11.2. The normalized spacial score (nSPS) is 16.2. The van der Waals surface area contributed by atoms with Crippen LogP contribution in [0.15, 0.2) is 82.7 Å². The van der Waals surface area contributed by atoms with Crippen LogP contribution in [0.5, 0.6) is 0 Å². The summed E-state index contributed by atoms with van der Waals surface area (Å²) >= 11 is 1.82. The average Bonchev–Trinajstić information content (AvgIpc) is 2.88. The van der Waals surface area contributed by atoms with E-state index in [4.69, 9.17) is 4.99 Å². The lowest BCUT2D eigenvalue weighted by Gasteiger charge is -2.16. The van der Waals surface area contributed by atoms with Gasteiger partial charge in [0.1, 0.15) is 0 Å². The third-order valence-electron chi connectivity index (χ3n) is 4.63. The molecule has 4 rings (SSSR count). The number of aryl methyl sites for hydroxylation is 1. The summed E-state index contributed by atoms with van der Waals surface area (Å²) in [5.41, 5.74) is 5.42. The van der Waals surface area contributed by atoms with Crippen molar-refractivity contribution in [3.8, 4) is 0 Å². The van der Waals surface area contributed by atoms with Gasteiger partial charge in [0.05, 0.1) is 10.6 Å². The highest BCUT2D eigenvalue weighted by Crippen LogP contribution is 2.45. The number of nitro groups is 1. The lowest BCUT2D eigenvalue weighted by Crippen LogP contribution is -2.05. The molecule has 134 valence electrons. The first-order valence-electron chi connectivity index (χ1n) is 8.75. The largest absolute Gasteiger partial charge is 0.269 e. The predicted octanol–water partition coefficient (Wildman–Crippen LogP) is 6.26. The molecule has 0 bridgehead atoms. The van der Waals surface area contributed by atoms with Crippen LogP contribution in [0.3, 0.4) is 0 Å². The van der Waals surface area contributed by atoms with Crippen molar-refractivity contribution < 1.29 is 4.92 Å².